The van der Waals surface area contributed by atoms with Crippen molar-refractivity contribution >= 4 is 35.3 Å². The van der Waals surface area contributed by atoms with Gasteiger partial charge in [-0.25, -0.2) is 9.18 Å². The highest BCUT2D eigenvalue weighted by Gasteiger charge is 2.19. The van der Waals surface area contributed by atoms with Gasteiger partial charge in [-0.05, 0) is 57.2 Å². The lowest BCUT2D eigenvalue weighted by Gasteiger charge is -2.22. The number of benzene rings is 2. The van der Waals surface area contributed by atoms with Gasteiger partial charge in [0.2, 0.25) is 0 Å². The molecule has 2 rings (SSSR count). The number of rotatable bonds is 8. The van der Waals surface area contributed by atoms with Crippen molar-refractivity contribution < 1.29 is 23.5 Å². The maximum Gasteiger partial charge on any atom is 0.408 e. The predicted molar refractivity (Wildman–Crippen MR) is 117 cm³/mol. The monoisotopic (exact) mass is 430 g/mol. The summed E-state index contributed by atoms with van der Waals surface area (Å²) < 4.78 is 19.0. The molecule has 4 N–H and O–H groups in total. The van der Waals surface area contributed by atoms with Crippen molar-refractivity contribution in [3.8, 4) is 0 Å². The Labute approximate surface area is 180 Å². The van der Waals surface area contributed by atoms with Gasteiger partial charge in [-0.15, -0.1) is 0 Å². The highest BCUT2D eigenvalue weighted by molar-refractivity contribution is 5.95. The number of alkyl carbamates (subject to hydrolysis) is 1. The zero-order valence-electron chi connectivity index (χ0n) is 17.9. The largest absolute Gasteiger partial charge is 0.444 e. The minimum absolute atomic E-state index is 0.0569. The third kappa shape index (κ3) is 7.61. The smallest absolute Gasteiger partial charge is 0.408 e. The van der Waals surface area contributed by atoms with Crippen LogP contribution in [0.5, 0.6) is 0 Å². The van der Waals surface area contributed by atoms with Crippen molar-refractivity contribution in [1.82, 2.24) is 10.6 Å². The SMILES string of the molecule is CNC(=O)c1cccc(Nc2cc(F)ccc2NCC(C=O)NC(=O)OC(C)(C)C)c1. The van der Waals surface area contributed by atoms with E-state index >= 15 is 0 Å². The lowest BCUT2D eigenvalue weighted by Crippen LogP contribution is -2.43. The molecule has 2 amide bonds. The van der Waals surface area contributed by atoms with Gasteiger partial charge >= 0.3 is 6.09 Å². The van der Waals surface area contributed by atoms with E-state index in [2.05, 4.69) is 21.3 Å². The summed E-state index contributed by atoms with van der Waals surface area (Å²) in [5.41, 5.74) is 1.23. The second-order valence-corrected chi connectivity index (χ2v) is 7.74. The molecule has 0 aromatic heterocycles. The molecule has 0 aliphatic rings. The first-order chi connectivity index (χ1) is 14.6. The van der Waals surface area contributed by atoms with Crippen molar-refractivity contribution in [1.29, 1.82) is 0 Å². The van der Waals surface area contributed by atoms with E-state index in [9.17, 15) is 18.8 Å². The molecule has 0 aliphatic carbocycles. The average molecular weight is 430 g/mol. The number of hydrogen-bond donors (Lipinski definition) is 4. The molecule has 2 aromatic carbocycles. The highest BCUT2D eigenvalue weighted by Crippen LogP contribution is 2.27. The van der Waals surface area contributed by atoms with Crippen LogP contribution in [0.4, 0.5) is 26.2 Å². The number of aldehydes is 1. The van der Waals surface area contributed by atoms with Crippen LogP contribution in [0.1, 0.15) is 31.1 Å². The van der Waals surface area contributed by atoms with Crippen LogP contribution in [0.25, 0.3) is 0 Å². The Morgan fingerprint density at radius 1 is 1.13 bits per heavy atom. The molecule has 0 saturated heterocycles. The molecule has 2 aromatic rings. The minimum Gasteiger partial charge on any atom is -0.444 e. The van der Waals surface area contributed by atoms with E-state index in [1.54, 1.807) is 45.0 Å². The fourth-order valence-electron chi connectivity index (χ4n) is 2.62. The lowest BCUT2D eigenvalue weighted by atomic mass is 10.1. The van der Waals surface area contributed by atoms with Crippen molar-refractivity contribution in [2.24, 2.45) is 0 Å². The molecule has 0 bridgehead atoms. The van der Waals surface area contributed by atoms with E-state index in [1.165, 1.54) is 25.2 Å². The minimum atomic E-state index is -0.857. The summed E-state index contributed by atoms with van der Waals surface area (Å²) in [6, 6.07) is 9.93. The van der Waals surface area contributed by atoms with Crippen LogP contribution in [0.2, 0.25) is 0 Å². The summed E-state index contributed by atoms with van der Waals surface area (Å²) in [5, 5.41) is 11.1. The standard InChI is InChI=1S/C22H27FN4O4/c1-22(2,3)31-21(30)27-17(13-28)12-25-18-9-8-15(23)11-19(18)26-16-7-5-6-14(10-16)20(29)24-4/h5-11,13,17,25-26H,12H2,1-4H3,(H,24,29)(H,27,30). The van der Waals surface area contributed by atoms with Gasteiger partial charge in [-0.2, -0.15) is 0 Å². The maximum atomic E-state index is 13.8. The Morgan fingerprint density at radius 2 is 1.87 bits per heavy atom. The van der Waals surface area contributed by atoms with Crippen LogP contribution in [0.3, 0.4) is 0 Å². The number of carbonyl (C=O) groups excluding carboxylic acids is 3. The van der Waals surface area contributed by atoms with E-state index in [-0.39, 0.29) is 12.5 Å². The lowest BCUT2D eigenvalue weighted by molar-refractivity contribution is -0.109. The number of anilines is 3. The van der Waals surface area contributed by atoms with Crippen molar-refractivity contribution in [2.45, 2.75) is 32.4 Å². The summed E-state index contributed by atoms with van der Waals surface area (Å²) in [7, 11) is 1.53. The summed E-state index contributed by atoms with van der Waals surface area (Å²) in [5.74, 6) is -0.711. The van der Waals surface area contributed by atoms with Crippen LogP contribution < -0.4 is 21.3 Å². The summed E-state index contributed by atoms with van der Waals surface area (Å²) in [6.07, 6.45) is -0.129. The number of ether oxygens (including phenoxy) is 1. The van der Waals surface area contributed by atoms with Gasteiger partial charge < -0.3 is 30.8 Å². The van der Waals surface area contributed by atoms with Crippen molar-refractivity contribution in [3.05, 3.63) is 53.8 Å². The predicted octanol–water partition coefficient (Wildman–Crippen LogP) is 3.43. The first kappa shape index (κ1) is 23.7. The Bertz CT molecular complexity index is 943. The van der Waals surface area contributed by atoms with Gasteiger partial charge in [0.25, 0.3) is 5.91 Å². The molecule has 0 aliphatic heterocycles. The first-order valence-corrected chi connectivity index (χ1v) is 9.68. The highest BCUT2D eigenvalue weighted by atomic mass is 19.1. The van der Waals surface area contributed by atoms with Crippen LogP contribution in [-0.2, 0) is 9.53 Å². The maximum absolute atomic E-state index is 13.8. The molecule has 0 spiro atoms. The molecule has 166 valence electrons. The molecular formula is C22H27FN4O4. The van der Waals surface area contributed by atoms with Crippen LogP contribution in [0.15, 0.2) is 42.5 Å². The Kier molecular flexibility index (Phi) is 7.95. The molecule has 0 radical (unpaired) electrons. The van der Waals surface area contributed by atoms with E-state index in [0.29, 0.717) is 28.9 Å². The van der Waals surface area contributed by atoms with Crippen molar-refractivity contribution in [2.75, 3.05) is 24.2 Å². The van der Waals surface area contributed by atoms with Crippen LogP contribution in [-0.4, -0.2) is 43.5 Å². The topological polar surface area (TPSA) is 109 Å². The van der Waals surface area contributed by atoms with Gasteiger partial charge in [0.15, 0.2) is 0 Å². The summed E-state index contributed by atoms with van der Waals surface area (Å²) in [4.78, 5) is 35.1. The quantitative estimate of drug-likeness (QED) is 0.478. The molecule has 1 atom stereocenters. The number of hydrogen-bond acceptors (Lipinski definition) is 6. The third-order valence-corrected chi connectivity index (χ3v) is 3.99. The van der Waals surface area contributed by atoms with Gasteiger partial charge in [0.1, 0.15) is 23.7 Å². The fourth-order valence-corrected chi connectivity index (χ4v) is 2.62. The average Bonchev–Trinajstić information content (AvgIpc) is 2.70. The van der Waals surface area contributed by atoms with Crippen LogP contribution >= 0.6 is 0 Å². The summed E-state index contributed by atoms with van der Waals surface area (Å²) in [6.45, 7) is 5.21. The Morgan fingerprint density at radius 3 is 2.52 bits per heavy atom. The fraction of sp³-hybridized carbons (Fsp3) is 0.318. The van der Waals surface area contributed by atoms with Gasteiger partial charge in [0.05, 0.1) is 11.4 Å². The molecule has 0 saturated carbocycles. The Hall–Kier alpha value is -3.62. The van der Waals surface area contributed by atoms with Crippen molar-refractivity contribution in [3.63, 3.8) is 0 Å². The molecule has 9 heteroatoms. The molecule has 0 heterocycles. The van der Waals surface area contributed by atoms with Crippen LogP contribution in [0, 0.1) is 5.82 Å². The second-order valence-electron chi connectivity index (χ2n) is 7.74. The first-order valence-electron chi connectivity index (χ1n) is 9.68. The number of amides is 2. The van der Waals surface area contributed by atoms with E-state index in [1.807, 2.05) is 0 Å². The van der Waals surface area contributed by atoms with E-state index in [4.69, 9.17) is 4.74 Å². The second kappa shape index (κ2) is 10.4. The number of halogens is 1. The van der Waals surface area contributed by atoms with Gasteiger partial charge in [0, 0.05) is 24.8 Å². The normalized spacial score (nSPS) is 11.8. The number of carbonyl (C=O) groups is 3. The third-order valence-electron chi connectivity index (χ3n) is 3.99. The van der Waals surface area contributed by atoms with Gasteiger partial charge in [-0.3, -0.25) is 4.79 Å². The van der Waals surface area contributed by atoms with E-state index < -0.39 is 23.6 Å². The Balaban J connectivity index is 2.12. The zero-order valence-corrected chi connectivity index (χ0v) is 17.9. The molecule has 8 nitrogen and oxygen atoms in total. The van der Waals surface area contributed by atoms with E-state index in [0.717, 1.165) is 0 Å². The molecular weight excluding hydrogens is 403 g/mol. The van der Waals surface area contributed by atoms with Gasteiger partial charge in [-0.1, -0.05) is 6.07 Å². The zero-order chi connectivity index (χ0) is 23.0. The number of nitrogens with one attached hydrogen (secondary N) is 4. The molecule has 1 unspecified atom stereocenters. The molecule has 31 heavy (non-hydrogen) atoms. The summed E-state index contributed by atoms with van der Waals surface area (Å²) >= 11 is 0. The molecule has 0 fully saturated rings.